The lowest BCUT2D eigenvalue weighted by molar-refractivity contribution is 0.0126. The first-order valence-corrected chi connectivity index (χ1v) is 11.8. The Morgan fingerprint density at radius 3 is 2.41 bits per heavy atom. The largest absolute Gasteiger partial charge is 0.489 e. The van der Waals surface area contributed by atoms with Crippen molar-refractivity contribution in [3.63, 3.8) is 0 Å². The van der Waals surface area contributed by atoms with E-state index >= 15 is 0 Å². The third kappa shape index (κ3) is 6.04. The molecule has 2 atom stereocenters. The number of nitrogens with zero attached hydrogens (tertiary/aromatic N) is 2. The summed E-state index contributed by atoms with van der Waals surface area (Å²) in [6.45, 7) is 10.3. The standard InChI is InChI=1S/C27H36N2O3/c1-27(2,3)32-26(30)29-18-15-23-14-17-28(19-25(23)29)16-13-21-9-11-24(12-10-21)31-20-22-7-5-4-6-8-22/h4-12,23,25H,13-20H2,1-3H3/t23-,25-/m0/s1. The zero-order valence-corrected chi connectivity index (χ0v) is 19.6. The first-order valence-electron chi connectivity index (χ1n) is 11.8. The average molecular weight is 437 g/mol. The number of hydrogen-bond acceptors (Lipinski definition) is 4. The Hall–Kier alpha value is -2.53. The number of ether oxygens (including phenoxy) is 2. The van der Waals surface area contributed by atoms with Crippen LogP contribution in [0.15, 0.2) is 54.6 Å². The summed E-state index contributed by atoms with van der Waals surface area (Å²) in [4.78, 5) is 17.1. The molecule has 172 valence electrons. The molecule has 4 rings (SSSR count). The minimum Gasteiger partial charge on any atom is -0.489 e. The van der Waals surface area contributed by atoms with Crippen LogP contribution in [-0.2, 0) is 17.8 Å². The van der Waals surface area contributed by atoms with Crippen LogP contribution < -0.4 is 4.74 Å². The van der Waals surface area contributed by atoms with Gasteiger partial charge in [-0.2, -0.15) is 0 Å². The van der Waals surface area contributed by atoms with Crippen molar-refractivity contribution in [3.8, 4) is 5.75 Å². The van der Waals surface area contributed by atoms with Crippen LogP contribution in [0.25, 0.3) is 0 Å². The maximum atomic E-state index is 12.7. The third-order valence-corrected chi connectivity index (χ3v) is 6.46. The lowest BCUT2D eigenvalue weighted by atomic mass is 9.92. The highest BCUT2D eigenvalue weighted by Gasteiger charge is 2.41. The van der Waals surface area contributed by atoms with Crippen LogP contribution in [0, 0.1) is 5.92 Å². The van der Waals surface area contributed by atoms with Crippen molar-refractivity contribution < 1.29 is 14.3 Å². The summed E-state index contributed by atoms with van der Waals surface area (Å²) in [6, 6.07) is 19.0. The molecule has 0 aliphatic carbocycles. The molecule has 0 aromatic heterocycles. The second-order valence-electron chi connectivity index (χ2n) is 10.0. The number of carbonyl (C=O) groups is 1. The van der Waals surface area contributed by atoms with Gasteiger partial charge in [-0.25, -0.2) is 4.79 Å². The first-order chi connectivity index (χ1) is 15.4. The van der Waals surface area contributed by atoms with E-state index in [2.05, 4.69) is 41.3 Å². The van der Waals surface area contributed by atoms with E-state index in [-0.39, 0.29) is 12.1 Å². The maximum absolute atomic E-state index is 12.7. The summed E-state index contributed by atoms with van der Waals surface area (Å²) in [7, 11) is 0. The van der Waals surface area contributed by atoms with Crippen LogP contribution in [0.1, 0.15) is 44.7 Å². The van der Waals surface area contributed by atoms with Crippen molar-refractivity contribution in [1.29, 1.82) is 0 Å². The van der Waals surface area contributed by atoms with Gasteiger partial charge >= 0.3 is 6.09 Å². The molecule has 0 unspecified atom stereocenters. The number of fused-ring (bicyclic) bond motifs is 1. The molecule has 1 amide bonds. The molecule has 2 heterocycles. The zero-order valence-electron chi connectivity index (χ0n) is 19.6. The highest BCUT2D eigenvalue weighted by Crippen LogP contribution is 2.32. The molecular weight excluding hydrogens is 400 g/mol. The van der Waals surface area contributed by atoms with Crippen LogP contribution in [-0.4, -0.2) is 53.7 Å². The average Bonchev–Trinajstić information content (AvgIpc) is 3.20. The van der Waals surface area contributed by atoms with Crippen molar-refractivity contribution in [1.82, 2.24) is 9.80 Å². The van der Waals surface area contributed by atoms with E-state index in [9.17, 15) is 4.79 Å². The number of hydrogen-bond donors (Lipinski definition) is 0. The Morgan fingerprint density at radius 1 is 0.969 bits per heavy atom. The number of likely N-dealkylation sites (tertiary alicyclic amines) is 2. The van der Waals surface area contributed by atoms with Gasteiger partial charge in [0.15, 0.2) is 0 Å². The highest BCUT2D eigenvalue weighted by atomic mass is 16.6. The van der Waals surface area contributed by atoms with Gasteiger partial charge in [-0.15, -0.1) is 0 Å². The molecule has 5 heteroatoms. The van der Waals surface area contributed by atoms with E-state index in [1.165, 1.54) is 11.1 Å². The lowest BCUT2D eigenvalue weighted by Gasteiger charge is -2.38. The summed E-state index contributed by atoms with van der Waals surface area (Å²) in [5.74, 6) is 1.51. The monoisotopic (exact) mass is 436 g/mol. The van der Waals surface area contributed by atoms with Gasteiger partial charge in [0.2, 0.25) is 0 Å². The highest BCUT2D eigenvalue weighted by molar-refractivity contribution is 5.69. The van der Waals surface area contributed by atoms with Crippen molar-refractivity contribution in [2.75, 3.05) is 26.2 Å². The molecule has 2 aliphatic rings. The predicted octanol–water partition coefficient (Wildman–Crippen LogP) is 5.14. The molecule has 0 bridgehead atoms. The number of rotatable bonds is 6. The number of benzene rings is 2. The summed E-state index contributed by atoms with van der Waals surface area (Å²) in [6.07, 6.45) is 3.11. The van der Waals surface area contributed by atoms with Crippen molar-refractivity contribution in [2.24, 2.45) is 5.92 Å². The number of carbonyl (C=O) groups excluding carboxylic acids is 1. The van der Waals surface area contributed by atoms with Gasteiger partial charge in [0, 0.05) is 19.6 Å². The Balaban J connectivity index is 1.25. The van der Waals surface area contributed by atoms with Crippen molar-refractivity contribution in [3.05, 3.63) is 65.7 Å². The van der Waals surface area contributed by atoms with Crippen LogP contribution in [0.2, 0.25) is 0 Å². The van der Waals surface area contributed by atoms with Crippen molar-refractivity contribution in [2.45, 2.75) is 58.3 Å². The van der Waals surface area contributed by atoms with E-state index in [1.807, 2.05) is 43.9 Å². The normalized spacial score (nSPS) is 21.3. The smallest absolute Gasteiger partial charge is 0.410 e. The van der Waals surface area contributed by atoms with Crippen LogP contribution in [0.4, 0.5) is 4.79 Å². The fraction of sp³-hybridized carbons (Fsp3) is 0.519. The van der Waals surface area contributed by atoms with Gasteiger partial charge in [-0.1, -0.05) is 42.5 Å². The second kappa shape index (κ2) is 9.95. The minimum atomic E-state index is -0.444. The zero-order chi connectivity index (χ0) is 22.6. The topological polar surface area (TPSA) is 42.0 Å². The molecule has 0 N–H and O–H groups in total. The molecule has 0 radical (unpaired) electrons. The van der Waals surface area contributed by atoms with Gasteiger partial charge in [0.05, 0.1) is 6.04 Å². The molecule has 2 saturated heterocycles. The van der Waals surface area contributed by atoms with Gasteiger partial charge in [0.25, 0.3) is 0 Å². The molecule has 2 aromatic carbocycles. The van der Waals surface area contributed by atoms with E-state index in [0.29, 0.717) is 12.5 Å². The minimum absolute atomic E-state index is 0.155. The predicted molar refractivity (Wildman–Crippen MR) is 127 cm³/mol. The quantitative estimate of drug-likeness (QED) is 0.629. The fourth-order valence-electron chi connectivity index (χ4n) is 4.74. The van der Waals surface area contributed by atoms with E-state index < -0.39 is 5.60 Å². The molecule has 0 saturated carbocycles. The molecule has 2 aliphatic heterocycles. The fourth-order valence-corrected chi connectivity index (χ4v) is 4.74. The molecular formula is C27H36N2O3. The van der Waals surface area contributed by atoms with Crippen LogP contribution >= 0.6 is 0 Å². The molecule has 32 heavy (non-hydrogen) atoms. The Bertz CT molecular complexity index is 876. The molecule has 5 nitrogen and oxygen atoms in total. The molecule has 2 fully saturated rings. The second-order valence-corrected chi connectivity index (χ2v) is 10.0. The summed E-state index contributed by atoms with van der Waals surface area (Å²) in [5.41, 5.74) is 2.04. The molecule has 0 spiro atoms. The first kappa shape index (κ1) is 22.7. The van der Waals surface area contributed by atoms with Crippen LogP contribution in [0.5, 0.6) is 5.75 Å². The van der Waals surface area contributed by atoms with Gasteiger partial charge in [-0.3, -0.25) is 0 Å². The Labute approximate surface area is 192 Å². The van der Waals surface area contributed by atoms with E-state index in [4.69, 9.17) is 9.47 Å². The lowest BCUT2D eigenvalue weighted by Crippen LogP contribution is -2.51. The van der Waals surface area contributed by atoms with E-state index in [0.717, 1.165) is 51.2 Å². The molecule has 2 aromatic rings. The Morgan fingerprint density at radius 2 is 1.69 bits per heavy atom. The van der Waals surface area contributed by atoms with Gasteiger partial charge in [0.1, 0.15) is 18.0 Å². The number of amides is 1. The van der Waals surface area contributed by atoms with Gasteiger partial charge in [-0.05, 0) is 75.8 Å². The number of piperidine rings is 1. The maximum Gasteiger partial charge on any atom is 0.410 e. The summed E-state index contributed by atoms with van der Waals surface area (Å²) >= 11 is 0. The Kier molecular flexibility index (Phi) is 7.04. The van der Waals surface area contributed by atoms with Crippen molar-refractivity contribution >= 4 is 6.09 Å². The SMILES string of the molecule is CC(C)(C)OC(=O)N1CC[C@@H]2CCN(CCc3ccc(OCc4ccccc4)cc3)C[C@@H]21. The van der Waals surface area contributed by atoms with Gasteiger partial charge < -0.3 is 19.3 Å². The third-order valence-electron chi connectivity index (χ3n) is 6.46. The summed E-state index contributed by atoms with van der Waals surface area (Å²) < 4.78 is 11.5. The van der Waals surface area contributed by atoms with Crippen LogP contribution in [0.3, 0.4) is 0 Å². The summed E-state index contributed by atoms with van der Waals surface area (Å²) in [5, 5.41) is 0. The van der Waals surface area contributed by atoms with E-state index in [1.54, 1.807) is 0 Å².